The van der Waals surface area contributed by atoms with Crippen molar-refractivity contribution in [3.63, 3.8) is 0 Å². The Kier molecular flexibility index (Phi) is 4.95. The highest BCUT2D eigenvalue weighted by atomic mass is 32.2. The largest absolute Gasteiger partial charge is 0.339 e. The Morgan fingerprint density at radius 1 is 1.39 bits per heavy atom. The summed E-state index contributed by atoms with van der Waals surface area (Å²) in [6, 6.07) is 8.52. The minimum Gasteiger partial charge on any atom is -0.339 e. The molecule has 1 aromatic carbocycles. The lowest BCUT2D eigenvalue weighted by Gasteiger charge is -2.36. The molecular formula is C18H25N3OS. The van der Waals surface area contributed by atoms with E-state index in [1.54, 1.807) is 11.8 Å². The molecule has 23 heavy (non-hydrogen) atoms. The number of aromatic nitrogens is 2. The first-order chi connectivity index (χ1) is 11.1. The topological polar surface area (TPSA) is 38.1 Å². The molecule has 0 bridgehead atoms. The van der Waals surface area contributed by atoms with Crippen molar-refractivity contribution in [1.29, 1.82) is 0 Å². The van der Waals surface area contributed by atoms with Gasteiger partial charge in [-0.1, -0.05) is 30.8 Å². The molecule has 1 fully saturated rings. The van der Waals surface area contributed by atoms with Gasteiger partial charge in [0.15, 0.2) is 5.16 Å². The van der Waals surface area contributed by atoms with Crippen LogP contribution in [0.3, 0.4) is 0 Å². The third kappa shape index (κ3) is 3.25. The van der Waals surface area contributed by atoms with Crippen molar-refractivity contribution in [2.75, 3.05) is 6.54 Å². The zero-order valence-electron chi connectivity index (χ0n) is 14.2. The zero-order valence-corrected chi connectivity index (χ0v) is 15.0. The number of hydrogen-bond donors (Lipinski definition) is 0. The fourth-order valence-electron chi connectivity index (χ4n) is 3.39. The van der Waals surface area contributed by atoms with E-state index >= 15 is 0 Å². The third-order valence-corrected chi connectivity index (χ3v) is 5.89. The minimum atomic E-state index is -0.0994. The number of imidazole rings is 1. The molecule has 2 atom stereocenters. The van der Waals surface area contributed by atoms with Crippen LogP contribution in [0, 0.1) is 0 Å². The van der Waals surface area contributed by atoms with Crippen LogP contribution in [0.4, 0.5) is 0 Å². The van der Waals surface area contributed by atoms with Gasteiger partial charge in [0.2, 0.25) is 5.91 Å². The second-order valence-electron chi connectivity index (χ2n) is 6.29. The Morgan fingerprint density at radius 3 is 2.91 bits per heavy atom. The molecule has 0 spiro atoms. The molecule has 0 unspecified atom stereocenters. The molecule has 3 rings (SSSR count). The molecule has 1 saturated heterocycles. The number of rotatable bonds is 4. The highest BCUT2D eigenvalue weighted by Crippen LogP contribution is 2.29. The summed E-state index contributed by atoms with van der Waals surface area (Å²) >= 11 is 1.57. The van der Waals surface area contributed by atoms with Crippen molar-refractivity contribution in [1.82, 2.24) is 14.5 Å². The first kappa shape index (κ1) is 16.4. The molecule has 1 aromatic heterocycles. The zero-order chi connectivity index (χ0) is 16.4. The lowest BCUT2D eigenvalue weighted by Crippen LogP contribution is -2.46. The van der Waals surface area contributed by atoms with E-state index in [2.05, 4.69) is 27.4 Å². The number of para-hydroxylation sites is 2. The number of thioether (sulfide) groups is 1. The fourth-order valence-corrected chi connectivity index (χ4v) is 4.35. The molecule has 0 saturated carbocycles. The van der Waals surface area contributed by atoms with Crippen LogP contribution in [0.1, 0.15) is 39.5 Å². The van der Waals surface area contributed by atoms with Crippen molar-refractivity contribution in [2.24, 2.45) is 7.05 Å². The molecule has 0 aliphatic carbocycles. The Hall–Kier alpha value is -1.49. The summed E-state index contributed by atoms with van der Waals surface area (Å²) < 4.78 is 2.08. The Morgan fingerprint density at radius 2 is 2.17 bits per heavy atom. The third-order valence-electron chi connectivity index (χ3n) is 4.76. The number of hydrogen-bond acceptors (Lipinski definition) is 3. The average molecular weight is 331 g/mol. The molecule has 0 N–H and O–H groups in total. The van der Waals surface area contributed by atoms with E-state index < -0.39 is 0 Å². The molecular weight excluding hydrogens is 306 g/mol. The second kappa shape index (κ2) is 6.95. The molecule has 1 aliphatic rings. The number of piperidine rings is 1. The van der Waals surface area contributed by atoms with Gasteiger partial charge in [0.1, 0.15) is 0 Å². The first-order valence-corrected chi connectivity index (χ1v) is 9.38. The summed E-state index contributed by atoms with van der Waals surface area (Å²) in [6.07, 6.45) is 4.57. The summed E-state index contributed by atoms with van der Waals surface area (Å²) in [6.45, 7) is 5.10. The van der Waals surface area contributed by atoms with Gasteiger partial charge in [-0.3, -0.25) is 4.79 Å². The molecule has 2 aromatic rings. The standard InChI is InChI=1S/C18H25N3OS/c1-4-14-9-7-8-12-21(14)17(22)13(2)23-18-19-15-10-5-6-11-16(15)20(18)3/h5-6,10-11,13-14H,4,7-9,12H2,1-3H3/t13-,14-/m0/s1. The van der Waals surface area contributed by atoms with Crippen LogP contribution in [0.5, 0.6) is 0 Å². The summed E-state index contributed by atoms with van der Waals surface area (Å²) in [5, 5.41) is 0.815. The van der Waals surface area contributed by atoms with Gasteiger partial charge in [0, 0.05) is 19.6 Å². The van der Waals surface area contributed by atoms with E-state index in [0.717, 1.165) is 42.0 Å². The van der Waals surface area contributed by atoms with Gasteiger partial charge in [-0.05, 0) is 44.7 Å². The number of aryl methyl sites for hydroxylation is 1. The number of nitrogens with zero attached hydrogens (tertiary/aromatic N) is 3. The summed E-state index contributed by atoms with van der Waals surface area (Å²) in [5.41, 5.74) is 2.10. The van der Waals surface area contributed by atoms with Crippen molar-refractivity contribution >= 4 is 28.7 Å². The first-order valence-electron chi connectivity index (χ1n) is 8.50. The summed E-state index contributed by atoms with van der Waals surface area (Å²) in [7, 11) is 2.02. The number of carbonyl (C=O) groups is 1. The predicted octanol–water partition coefficient (Wildman–Crippen LogP) is 3.85. The monoisotopic (exact) mass is 331 g/mol. The average Bonchev–Trinajstić information content (AvgIpc) is 2.90. The van der Waals surface area contributed by atoms with Crippen LogP contribution >= 0.6 is 11.8 Å². The van der Waals surface area contributed by atoms with E-state index in [-0.39, 0.29) is 11.2 Å². The maximum absolute atomic E-state index is 12.9. The summed E-state index contributed by atoms with van der Waals surface area (Å²) in [4.78, 5) is 19.6. The van der Waals surface area contributed by atoms with Crippen molar-refractivity contribution in [3.8, 4) is 0 Å². The number of benzene rings is 1. The number of fused-ring (bicyclic) bond motifs is 1. The molecule has 2 heterocycles. The van der Waals surface area contributed by atoms with Gasteiger partial charge in [-0.15, -0.1) is 0 Å². The van der Waals surface area contributed by atoms with Crippen LogP contribution < -0.4 is 0 Å². The van der Waals surface area contributed by atoms with Gasteiger partial charge in [-0.25, -0.2) is 4.98 Å². The Balaban J connectivity index is 1.75. The molecule has 0 radical (unpaired) electrons. The molecule has 1 aliphatic heterocycles. The van der Waals surface area contributed by atoms with Crippen LogP contribution in [-0.4, -0.2) is 38.2 Å². The highest BCUT2D eigenvalue weighted by Gasteiger charge is 2.29. The van der Waals surface area contributed by atoms with E-state index in [1.165, 1.54) is 6.42 Å². The fraction of sp³-hybridized carbons (Fsp3) is 0.556. The molecule has 1 amide bonds. The lowest BCUT2D eigenvalue weighted by molar-refractivity contribution is -0.134. The molecule has 5 heteroatoms. The smallest absolute Gasteiger partial charge is 0.236 e. The van der Waals surface area contributed by atoms with E-state index in [0.29, 0.717) is 6.04 Å². The van der Waals surface area contributed by atoms with Crippen LogP contribution in [0.2, 0.25) is 0 Å². The number of carbonyl (C=O) groups excluding carboxylic acids is 1. The van der Waals surface area contributed by atoms with Crippen LogP contribution in [0.25, 0.3) is 11.0 Å². The number of amides is 1. The van der Waals surface area contributed by atoms with Gasteiger partial charge >= 0.3 is 0 Å². The Labute approximate surface area is 142 Å². The van der Waals surface area contributed by atoms with Crippen LogP contribution in [0.15, 0.2) is 29.4 Å². The van der Waals surface area contributed by atoms with Gasteiger partial charge in [0.25, 0.3) is 0 Å². The van der Waals surface area contributed by atoms with Crippen molar-refractivity contribution in [2.45, 2.75) is 56.0 Å². The van der Waals surface area contributed by atoms with Crippen LogP contribution in [-0.2, 0) is 11.8 Å². The lowest BCUT2D eigenvalue weighted by atomic mass is 10.00. The van der Waals surface area contributed by atoms with Gasteiger partial charge in [-0.2, -0.15) is 0 Å². The maximum Gasteiger partial charge on any atom is 0.236 e. The molecule has 4 nitrogen and oxygen atoms in total. The highest BCUT2D eigenvalue weighted by molar-refractivity contribution is 8.00. The molecule has 124 valence electrons. The SMILES string of the molecule is CC[C@H]1CCCCN1C(=O)[C@H](C)Sc1nc2ccccc2n1C. The van der Waals surface area contributed by atoms with E-state index in [9.17, 15) is 4.79 Å². The second-order valence-corrected chi connectivity index (χ2v) is 7.60. The van der Waals surface area contributed by atoms with Gasteiger partial charge in [0.05, 0.1) is 16.3 Å². The normalized spacial score (nSPS) is 20.0. The summed E-state index contributed by atoms with van der Waals surface area (Å²) in [5.74, 6) is 0.258. The maximum atomic E-state index is 12.9. The van der Waals surface area contributed by atoms with Gasteiger partial charge < -0.3 is 9.47 Å². The van der Waals surface area contributed by atoms with E-state index in [1.807, 2.05) is 32.2 Å². The minimum absolute atomic E-state index is 0.0994. The van der Waals surface area contributed by atoms with Crippen molar-refractivity contribution < 1.29 is 4.79 Å². The number of likely N-dealkylation sites (tertiary alicyclic amines) is 1. The quantitative estimate of drug-likeness (QED) is 0.799. The predicted molar refractivity (Wildman–Crippen MR) is 95.7 cm³/mol. The van der Waals surface area contributed by atoms with E-state index in [4.69, 9.17) is 0 Å². The Bertz CT molecular complexity index is 697. The van der Waals surface area contributed by atoms with Crippen molar-refractivity contribution in [3.05, 3.63) is 24.3 Å².